The van der Waals surface area contributed by atoms with E-state index in [9.17, 15) is 0 Å². The summed E-state index contributed by atoms with van der Waals surface area (Å²) >= 11 is 0. The van der Waals surface area contributed by atoms with Crippen LogP contribution in [0.5, 0.6) is 0 Å². The van der Waals surface area contributed by atoms with Crippen LogP contribution in [0.3, 0.4) is 0 Å². The molecule has 0 bridgehead atoms. The highest BCUT2D eigenvalue weighted by molar-refractivity contribution is 5.39. The topological polar surface area (TPSA) is 0 Å². The Bertz CT molecular complexity index is 575. The summed E-state index contributed by atoms with van der Waals surface area (Å²) in [6.45, 7) is 11.4. The van der Waals surface area contributed by atoms with Crippen LogP contribution in [-0.2, 0) is 0 Å². The molecule has 0 heterocycles. The van der Waals surface area contributed by atoms with E-state index in [0.29, 0.717) is 5.41 Å². The van der Waals surface area contributed by atoms with E-state index in [-0.39, 0.29) is 0 Å². The molecule has 4 unspecified atom stereocenters. The Balaban J connectivity index is 0.000000948. The minimum absolute atomic E-state index is 0.538. The van der Waals surface area contributed by atoms with Crippen LogP contribution in [-0.4, -0.2) is 0 Å². The van der Waals surface area contributed by atoms with Gasteiger partial charge >= 0.3 is 0 Å². The molecular weight excluding hydrogens is 312 g/mol. The molecule has 0 nitrogen and oxygen atoms in total. The number of unbranched alkanes of at least 4 members (excludes halogenated alkanes) is 1. The lowest BCUT2D eigenvalue weighted by atomic mass is 9.54. The van der Waals surface area contributed by atoms with E-state index in [4.69, 9.17) is 0 Å². The van der Waals surface area contributed by atoms with Gasteiger partial charge in [-0.3, -0.25) is 0 Å². The molecule has 0 amide bonds. The maximum Gasteiger partial charge on any atom is -0.00850 e. The number of allylic oxidation sites excluding steroid dienone is 6. The third-order valence-corrected chi connectivity index (χ3v) is 7.95. The predicted octanol–water partition coefficient (Wildman–Crippen LogP) is 8.26. The summed E-state index contributed by atoms with van der Waals surface area (Å²) in [6, 6.07) is 0. The molecule has 0 saturated heterocycles. The molecule has 4 aliphatic carbocycles. The standard InChI is InChI=1S/C24H36.C2H6/c1-4-5-8-19-11-13-23-22-12-10-18-16-17(2)7-6-9-20(18)21(22)14-15-24(19,23)3;1-2/h8-9,16-17,21-23H,4-7,10-15H2,1-3H3;1-2H3/b19-8-;/t17?,21?,22?,23?,24-;/m1./s1. The molecule has 146 valence electrons. The van der Waals surface area contributed by atoms with Crippen LogP contribution in [0, 0.1) is 29.1 Å². The minimum atomic E-state index is 0.538. The van der Waals surface area contributed by atoms with Gasteiger partial charge in [-0.25, -0.2) is 0 Å². The van der Waals surface area contributed by atoms with Crippen LogP contribution in [0.25, 0.3) is 0 Å². The zero-order chi connectivity index (χ0) is 18.7. The molecule has 3 saturated carbocycles. The average Bonchev–Trinajstić information content (AvgIpc) is 2.86. The molecule has 0 heteroatoms. The Morgan fingerprint density at radius 3 is 2.69 bits per heavy atom. The molecule has 0 aliphatic heterocycles. The highest BCUT2D eigenvalue weighted by Crippen LogP contribution is 2.63. The van der Waals surface area contributed by atoms with Gasteiger partial charge in [-0.1, -0.05) is 64.8 Å². The summed E-state index contributed by atoms with van der Waals surface area (Å²) in [5.41, 5.74) is 5.90. The smallest absolute Gasteiger partial charge is 0.00850 e. The van der Waals surface area contributed by atoms with E-state index < -0.39 is 0 Å². The van der Waals surface area contributed by atoms with Gasteiger partial charge in [-0.15, -0.1) is 0 Å². The first-order valence-electron chi connectivity index (χ1n) is 11.7. The second kappa shape index (κ2) is 8.49. The molecule has 0 N–H and O–H groups in total. The first-order valence-corrected chi connectivity index (χ1v) is 11.7. The maximum absolute atomic E-state index is 2.65. The van der Waals surface area contributed by atoms with Gasteiger partial charge in [0.1, 0.15) is 0 Å². The van der Waals surface area contributed by atoms with Gasteiger partial charge in [-0.2, -0.15) is 0 Å². The fourth-order valence-electron chi connectivity index (χ4n) is 6.67. The van der Waals surface area contributed by atoms with Crippen LogP contribution in [0.1, 0.15) is 98.8 Å². The SMILES string of the molecule is CC.CCC/C=C1/CCC2C3CCC4=CC(C)CCC=C4C3CC[C@]12C. The van der Waals surface area contributed by atoms with Crippen LogP contribution in [0.2, 0.25) is 0 Å². The van der Waals surface area contributed by atoms with E-state index in [1.165, 1.54) is 64.2 Å². The van der Waals surface area contributed by atoms with Gasteiger partial charge in [0.15, 0.2) is 0 Å². The van der Waals surface area contributed by atoms with Crippen molar-refractivity contribution in [3.63, 3.8) is 0 Å². The number of hydrogen-bond acceptors (Lipinski definition) is 0. The Morgan fingerprint density at radius 1 is 1.12 bits per heavy atom. The Hall–Kier alpha value is -0.780. The highest BCUT2D eigenvalue weighted by Gasteiger charge is 2.52. The van der Waals surface area contributed by atoms with Gasteiger partial charge in [0.25, 0.3) is 0 Å². The van der Waals surface area contributed by atoms with Crippen molar-refractivity contribution in [2.24, 2.45) is 29.1 Å². The summed E-state index contributed by atoms with van der Waals surface area (Å²) in [5.74, 6) is 3.60. The van der Waals surface area contributed by atoms with Crippen molar-refractivity contribution in [3.05, 3.63) is 34.9 Å². The maximum atomic E-state index is 2.65. The van der Waals surface area contributed by atoms with Gasteiger partial charge in [-0.05, 0) is 98.0 Å². The molecule has 0 aromatic carbocycles. The summed E-state index contributed by atoms with van der Waals surface area (Å²) < 4.78 is 0. The van der Waals surface area contributed by atoms with E-state index in [1.54, 1.807) is 11.1 Å². The monoisotopic (exact) mass is 354 g/mol. The molecule has 0 aromatic heterocycles. The van der Waals surface area contributed by atoms with Crippen molar-refractivity contribution in [1.82, 2.24) is 0 Å². The minimum Gasteiger partial charge on any atom is -0.0848 e. The number of rotatable bonds is 2. The summed E-state index contributed by atoms with van der Waals surface area (Å²) in [6.07, 6.45) is 21.7. The number of fused-ring (bicyclic) bond motifs is 5. The molecule has 0 spiro atoms. The lowest BCUT2D eigenvalue weighted by Gasteiger charge is -2.50. The third-order valence-electron chi connectivity index (χ3n) is 7.95. The first kappa shape index (κ1) is 20.0. The molecule has 5 atom stereocenters. The third kappa shape index (κ3) is 3.50. The fraction of sp³-hybridized carbons (Fsp3) is 0.769. The zero-order valence-corrected chi connectivity index (χ0v) is 18.1. The lowest BCUT2D eigenvalue weighted by Crippen LogP contribution is -2.41. The Kier molecular flexibility index (Phi) is 6.52. The predicted molar refractivity (Wildman–Crippen MR) is 115 cm³/mol. The largest absolute Gasteiger partial charge is 0.0848 e. The van der Waals surface area contributed by atoms with Crippen molar-refractivity contribution in [2.75, 3.05) is 0 Å². The van der Waals surface area contributed by atoms with Gasteiger partial charge in [0, 0.05) is 0 Å². The van der Waals surface area contributed by atoms with Crippen molar-refractivity contribution >= 4 is 0 Å². The van der Waals surface area contributed by atoms with Crippen molar-refractivity contribution in [1.29, 1.82) is 0 Å². The van der Waals surface area contributed by atoms with Crippen LogP contribution in [0.15, 0.2) is 34.9 Å². The molecule has 4 rings (SSSR count). The van der Waals surface area contributed by atoms with Crippen molar-refractivity contribution < 1.29 is 0 Å². The van der Waals surface area contributed by atoms with Crippen LogP contribution in [0.4, 0.5) is 0 Å². The van der Waals surface area contributed by atoms with Gasteiger partial charge in [0.2, 0.25) is 0 Å². The van der Waals surface area contributed by atoms with Crippen molar-refractivity contribution in [2.45, 2.75) is 98.8 Å². The molecule has 0 radical (unpaired) electrons. The second-order valence-corrected chi connectivity index (χ2v) is 9.33. The summed E-state index contributed by atoms with van der Waals surface area (Å²) in [4.78, 5) is 0. The normalized spacial score (nSPS) is 40.3. The summed E-state index contributed by atoms with van der Waals surface area (Å²) in [7, 11) is 0. The molecule has 26 heavy (non-hydrogen) atoms. The second-order valence-electron chi connectivity index (χ2n) is 9.33. The molecule has 3 fully saturated rings. The molecular formula is C26H42. The zero-order valence-electron chi connectivity index (χ0n) is 18.1. The van der Waals surface area contributed by atoms with E-state index in [2.05, 4.69) is 39.0 Å². The Labute approximate surface area is 163 Å². The van der Waals surface area contributed by atoms with Crippen LogP contribution < -0.4 is 0 Å². The Morgan fingerprint density at radius 2 is 1.92 bits per heavy atom. The van der Waals surface area contributed by atoms with E-state index >= 15 is 0 Å². The first-order chi connectivity index (χ1) is 12.6. The molecule has 4 aliphatic rings. The van der Waals surface area contributed by atoms with Crippen LogP contribution >= 0.6 is 0 Å². The average molecular weight is 355 g/mol. The van der Waals surface area contributed by atoms with E-state index in [1.807, 2.05) is 19.4 Å². The number of hydrogen-bond donors (Lipinski definition) is 0. The van der Waals surface area contributed by atoms with E-state index in [0.717, 1.165) is 23.7 Å². The summed E-state index contributed by atoms with van der Waals surface area (Å²) in [5, 5.41) is 0. The highest BCUT2D eigenvalue weighted by atomic mass is 14.6. The molecule has 0 aromatic rings. The lowest BCUT2D eigenvalue weighted by molar-refractivity contribution is 0.0636. The fourth-order valence-corrected chi connectivity index (χ4v) is 6.67. The van der Waals surface area contributed by atoms with Crippen molar-refractivity contribution in [3.8, 4) is 0 Å². The quantitative estimate of drug-likeness (QED) is 0.438. The van der Waals surface area contributed by atoms with Gasteiger partial charge < -0.3 is 0 Å². The van der Waals surface area contributed by atoms with Gasteiger partial charge in [0.05, 0.1) is 0 Å².